The summed E-state index contributed by atoms with van der Waals surface area (Å²) in [4.78, 5) is 91.7. The van der Waals surface area contributed by atoms with E-state index in [0.29, 0.717) is 118 Å². The number of nitrogens with one attached hydrogen (secondary N) is 1. The SMILES string of the molecule is Cc1c(C=O)cc(C(F)F)cc1[N+](=O)[O-].Cc1c(CN2CCN(C(=O)OC(C)(C)C)[C@@H](C)C2)cc(C(F)F)cc1[N+](=O)[O-].Cc1c(CO)cc(C(F)F)cc1[N+](=O)[O-].Cc1c(N)cc(C(F)F)cc1CN1CCN(C(=O)C2CCC2)[C@@H](C)C1.Cc1c(N)cc(C(F)F)cc1CN1CCN(C(=O)OC(C)(C)C)[C@@H](C)C1.Cc1c(N)cc(C(F)F)cc1CN1CCN[C@@H](C)C1. The van der Waals surface area contributed by atoms with Gasteiger partial charge >= 0.3 is 12.2 Å². The van der Waals surface area contributed by atoms with Gasteiger partial charge in [0.2, 0.25) is 5.91 Å². The molecular formula is C89H120F12N14O13. The van der Waals surface area contributed by atoms with Gasteiger partial charge in [-0.1, -0.05) is 6.42 Å². The Kier molecular flexibility index (Phi) is 39.2. The molecule has 0 radical (unpaired) electrons. The minimum absolute atomic E-state index is 0.0151. The van der Waals surface area contributed by atoms with Gasteiger partial charge in [0.05, 0.1) is 21.4 Å². The van der Waals surface area contributed by atoms with Gasteiger partial charge in [-0.05, 0) is 223 Å². The van der Waals surface area contributed by atoms with Crippen LogP contribution in [0.2, 0.25) is 0 Å². The molecule has 6 aromatic rings. The third-order valence-electron chi connectivity index (χ3n) is 22.8. The Morgan fingerprint density at radius 2 is 0.727 bits per heavy atom. The third kappa shape index (κ3) is 30.6. The van der Waals surface area contributed by atoms with Gasteiger partial charge in [-0.15, -0.1) is 0 Å². The topological polar surface area (TPSA) is 349 Å². The van der Waals surface area contributed by atoms with Gasteiger partial charge in [0.25, 0.3) is 55.6 Å². The van der Waals surface area contributed by atoms with E-state index in [2.05, 4.69) is 33.9 Å². The fourth-order valence-electron chi connectivity index (χ4n) is 15.1. The van der Waals surface area contributed by atoms with Gasteiger partial charge in [0, 0.05) is 226 Å². The number of hydrogen-bond acceptors (Lipinski definition) is 21. The fraction of sp³-hybridized carbons (Fsp3) is 0.551. The molecule has 1 saturated carbocycles. The van der Waals surface area contributed by atoms with E-state index in [9.17, 15) is 102 Å². The van der Waals surface area contributed by atoms with E-state index in [1.54, 1.807) is 49.6 Å². The van der Waals surface area contributed by atoms with Crippen LogP contribution in [0.25, 0.3) is 0 Å². The second-order valence-electron chi connectivity index (χ2n) is 34.8. The maximum Gasteiger partial charge on any atom is 0.410 e. The first-order valence-electron chi connectivity index (χ1n) is 41.8. The number of aliphatic hydroxyl groups is 1. The molecule has 0 aromatic heterocycles. The van der Waals surface area contributed by atoms with E-state index in [-0.39, 0.29) is 86.4 Å². The second-order valence-corrected chi connectivity index (χ2v) is 34.8. The number of aliphatic hydroxyl groups excluding tert-OH is 1. The summed E-state index contributed by atoms with van der Waals surface area (Å²) in [6, 6.07) is 15.1. The molecule has 4 atom stereocenters. The summed E-state index contributed by atoms with van der Waals surface area (Å²) in [6.07, 6.45) is -13.1. The highest BCUT2D eigenvalue weighted by molar-refractivity contribution is 5.81. The van der Waals surface area contributed by atoms with Crippen LogP contribution in [0, 0.1) is 77.8 Å². The van der Waals surface area contributed by atoms with Gasteiger partial charge in [-0.25, -0.2) is 62.3 Å². The summed E-state index contributed by atoms with van der Waals surface area (Å²) >= 11 is 0. The average Bonchev–Trinajstić information content (AvgIpc) is 0.657. The number of rotatable bonds is 20. The van der Waals surface area contributed by atoms with Crippen molar-refractivity contribution in [1.29, 1.82) is 0 Å². The second kappa shape index (κ2) is 47.2. The maximum absolute atomic E-state index is 13.1. The minimum atomic E-state index is -2.83. The van der Waals surface area contributed by atoms with E-state index in [1.165, 1.54) is 44.2 Å². The normalized spacial score (nSPS) is 17.9. The first kappa shape index (κ1) is 106. The zero-order valence-corrected chi connectivity index (χ0v) is 75.1. The number of amides is 3. The number of nitro groups is 3. The van der Waals surface area contributed by atoms with Crippen molar-refractivity contribution in [3.63, 3.8) is 0 Å². The van der Waals surface area contributed by atoms with Crippen molar-refractivity contribution in [3.8, 4) is 0 Å². The number of nitrogens with two attached hydrogens (primary N) is 3. The molecular weight excluding hydrogens is 1700 g/mol. The van der Waals surface area contributed by atoms with Crippen molar-refractivity contribution in [2.24, 2.45) is 5.92 Å². The predicted molar refractivity (Wildman–Crippen MR) is 463 cm³/mol. The van der Waals surface area contributed by atoms with Crippen LogP contribution in [-0.4, -0.2) is 192 Å². The standard InChI is InChI=1S/C19H27F2N3O4.C19H29F2N3O2.C19H27F2N3O.C14H21F2N3.C9H9F2NO3.C9H7F2NO3/c1-12-10-22(6-7-23(12)18(25)28-19(3,4)5)11-15-8-14(17(20)21)9-16(13(15)2)24(26)27;1-12-10-23(6-7-24(12)18(25)26-19(3,4)5)11-15-8-14(17(20)21)9-16(22)13(15)2;1-12-10-23(6-7-24(12)19(25)14-4-3-5-14)11-16-8-15(18(20)21)9-17(22)13(16)2;1-9-7-19(4-3-18-9)8-12-5-11(14(15)16)6-13(17)10(12)2;2*1-5-7(4-13)2-6(9(10)11)3-8(5)12(14)15/h8-9,12,17H,6-7,10-11H2,1-5H3;8-9,12,17H,6-7,10-11,22H2,1-5H3;8-9,12,14,18H,3-7,10-11,22H2,1-2H3;5-6,9,14,18H,3-4,7-8,17H2,1-2H3;2-3,9,13H,4H2,1H3;2-4,9H,1H3/t3*12-;9-;;/m0000../s1. The van der Waals surface area contributed by atoms with Crippen LogP contribution in [0.1, 0.15) is 232 Å². The molecule has 5 fully saturated rings. The van der Waals surface area contributed by atoms with Crippen molar-refractivity contribution in [2.75, 3.05) is 95.7 Å². The lowest BCUT2D eigenvalue weighted by molar-refractivity contribution is -0.385. The monoisotopic (exact) mass is 1820 g/mol. The zero-order chi connectivity index (χ0) is 96.2. The molecule has 4 heterocycles. The number of nitro benzene ring substituents is 3. The number of hydrogen-bond donors (Lipinski definition) is 5. The maximum atomic E-state index is 13.1. The molecule has 27 nitrogen and oxygen atoms in total. The average molecular weight is 1820 g/mol. The minimum Gasteiger partial charge on any atom is -0.444 e. The number of benzene rings is 6. The lowest BCUT2D eigenvalue weighted by Crippen LogP contribution is -2.55. The fourth-order valence-corrected chi connectivity index (χ4v) is 15.1. The van der Waals surface area contributed by atoms with Gasteiger partial charge < -0.3 is 51.8 Å². The Bertz CT molecular complexity index is 4830. The number of piperazine rings is 4. The van der Waals surface area contributed by atoms with Crippen LogP contribution in [-0.2, 0) is 47.1 Å². The lowest BCUT2D eigenvalue weighted by atomic mass is 9.84. The van der Waals surface area contributed by atoms with Gasteiger partial charge in [0.15, 0.2) is 6.29 Å². The summed E-state index contributed by atoms with van der Waals surface area (Å²) in [5, 5.41) is 44.5. The summed E-state index contributed by atoms with van der Waals surface area (Å²) in [6.45, 7) is 38.9. The number of halogens is 12. The number of carbonyl (C=O) groups is 4. The first-order chi connectivity index (χ1) is 59.6. The van der Waals surface area contributed by atoms with E-state index in [0.717, 1.165) is 116 Å². The molecule has 39 heteroatoms. The molecule has 4 saturated heterocycles. The molecule has 708 valence electrons. The van der Waals surface area contributed by atoms with E-state index in [1.807, 2.05) is 65.2 Å². The summed E-state index contributed by atoms with van der Waals surface area (Å²) in [7, 11) is 0. The highest BCUT2D eigenvalue weighted by Crippen LogP contribution is 2.37. The van der Waals surface area contributed by atoms with Crippen LogP contribution < -0.4 is 22.5 Å². The highest BCUT2D eigenvalue weighted by atomic mass is 19.3. The van der Waals surface area contributed by atoms with Crippen LogP contribution in [0.3, 0.4) is 0 Å². The quantitative estimate of drug-likeness (QED) is 0.0156. The Balaban J connectivity index is 0.000000241. The highest BCUT2D eigenvalue weighted by Gasteiger charge is 2.37. The Morgan fingerprint density at radius 1 is 0.438 bits per heavy atom. The largest absolute Gasteiger partial charge is 0.444 e. The van der Waals surface area contributed by atoms with Crippen LogP contribution in [0.4, 0.5) is 96.4 Å². The Hall–Kier alpha value is -10.5. The number of nitrogens with zero attached hydrogens (tertiary/aromatic N) is 10. The number of alkyl halides is 12. The van der Waals surface area contributed by atoms with Crippen molar-refractivity contribution in [3.05, 3.63) is 203 Å². The molecule has 0 unspecified atom stereocenters. The summed E-state index contributed by atoms with van der Waals surface area (Å²) in [5.41, 5.74) is 21.7. The van der Waals surface area contributed by atoms with Gasteiger partial charge in [-0.3, -0.25) is 59.5 Å². The Morgan fingerprint density at radius 3 is 1.01 bits per heavy atom. The molecule has 5 aliphatic rings. The van der Waals surface area contributed by atoms with Crippen molar-refractivity contribution in [1.82, 2.24) is 39.6 Å². The predicted octanol–water partition coefficient (Wildman–Crippen LogP) is 18.9. The number of ether oxygens (including phenoxy) is 2. The molecule has 6 aromatic carbocycles. The number of nitrogen functional groups attached to an aromatic ring is 3. The van der Waals surface area contributed by atoms with Crippen LogP contribution >= 0.6 is 0 Å². The van der Waals surface area contributed by atoms with E-state index >= 15 is 0 Å². The summed E-state index contributed by atoms with van der Waals surface area (Å²) < 4.78 is 164. The number of anilines is 3. The van der Waals surface area contributed by atoms with Crippen LogP contribution in [0.5, 0.6) is 0 Å². The van der Waals surface area contributed by atoms with Crippen molar-refractivity contribution in [2.45, 2.75) is 237 Å². The number of aldehydes is 1. The first-order valence-corrected chi connectivity index (χ1v) is 41.8. The smallest absolute Gasteiger partial charge is 0.410 e. The van der Waals surface area contributed by atoms with Crippen molar-refractivity contribution < 1.29 is 101 Å². The zero-order valence-electron chi connectivity index (χ0n) is 75.1. The van der Waals surface area contributed by atoms with Gasteiger partial charge in [-0.2, -0.15) is 0 Å². The van der Waals surface area contributed by atoms with Crippen LogP contribution in [0.15, 0.2) is 72.8 Å². The molecule has 1 aliphatic carbocycles. The Labute approximate surface area is 738 Å². The van der Waals surface area contributed by atoms with Gasteiger partial charge in [0.1, 0.15) is 11.2 Å². The molecule has 8 N–H and O–H groups in total. The lowest BCUT2D eigenvalue weighted by Gasteiger charge is -2.42. The number of carbonyl (C=O) groups excluding carboxylic acids is 4. The molecule has 0 spiro atoms. The molecule has 128 heavy (non-hydrogen) atoms. The molecule has 11 rings (SSSR count). The van der Waals surface area contributed by atoms with Crippen molar-refractivity contribution >= 4 is 58.5 Å². The van der Waals surface area contributed by atoms with E-state index in [4.69, 9.17) is 31.8 Å². The molecule has 4 aliphatic heterocycles. The third-order valence-corrected chi connectivity index (χ3v) is 22.8. The molecule has 0 bridgehead atoms. The van der Waals surface area contributed by atoms with E-state index < -0.39 is 93.6 Å². The molecule has 3 amide bonds. The summed E-state index contributed by atoms with van der Waals surface area (Å²) in [5.74, 6) is 0.511.